The highest BCUT2D eigenvalue weighted by Crippen LogP contribution is 2.25. The van der Waals surface area contributed by atoms with Gasteiger partial charge in [-0.15, -0.1) is 0 Å². The van der Waals surface area contributed by atoms with Crippen LogP contribution in [0.15, 0.2) is 114 Å². The van der Waals surface area contributed by atoms with Crippen molar-refractivity contribution in [3.63, 3.8) is 0 Å². The number of hydrogen-bond donors (Lipinski definition) is 1. The van der Waals surface area contributed by atoms with Crippen LogP contribution < -0.4 is 14.9 Å². The Kier molecular flexibility index (Phi) is 7.96. The third-order valence-electron chi connectivity index (χ3n) is 5.02. The summed E-state index contributed by atoms with van der Waals surface area (Å²) < 4.78 is 11.0. The Hall–Kier alpha value is -5.04. The molecule has 0 bridgehead atoms. The molecule has 4 aromatic rings. The molecule has 0 radical (unpaired) electrons. The molecule has 7 heteroatoms. The average molecular weight is 479 g/mol. The predicted molar refractivity (Wildman–Crippen MR) is 135 cm³/mol. The van der Waals surface area contributed by atoms with Crippen LogP contribution >= 0.6 is 0 Å². The van der Waals surface area contributed by atoms with Crippen LogP contribution in [0.1, 0.15) is 31.8 Å². The van der Waals surface area contributed by atoms with Gasteiger partial charge in [-0.05, 0) is 42.0 Å². The maximum atomic E-state index is 12.7. The van der Waals surface area contributed by atoms with E-state index in [1.165, 1.54) is 12.3 Å². The van der Waals surface area contributed by atoms with Gasteiger partial charge in [0, 0.05) is 11.6 Å². The van der Waals surface area contributed by atoms with Gasteiger partial charge in [-0.25, -0.2) is 15.0 Å². The molecule has 0 saturated heterocycles. The highest BCUT2D eigenvalue weighted by molar-refractivity contribution is 5.94. The number of carbonyl (C=O) groups is 3. The number of hydrogen-bond acceptors (Lipinski definition) is 6. The summed E-state index contributed by atoms with van der Waals surface area (Å²) in [6.07, 6.45) is 1.53. The summed E-state index contributed by atoms with van der Waals surface area (Å²) in [5.41, 5.74) is 4.45. The van der Waals surface area contributed by atoms with Crippen LogP contribution in [-0.2, 0) is 11.2 Å². The zero-order valence-corrected chi connectivity index (χ0v) is 19.2. The number of rotatable bonds is 8. The standard InChI is InChI=1S/C29H22N2O5/c32-27(18-21-10-4-1-5-11-21)31-30-20-24-16-17-25(35-28(33)22-12-6-2-7-13-22)19-26(24)36-29(34)23-14-8-3-9-15-23/h1-17,19-20H,18H2,(H,31,32)/b30-20+. The fourth-order valence-corrected chi connectivity index (χ4v) is 3.24. The molecule has 0 atom stereocenters. The van der Waals surface area contributed by atoms with Gasteiger partial charge in [-0.3, -0.25) is 4.79 Å². The van der Waals surface area contributed by atoms with Crippen LogP contribution in [0.3, 0.4) is 0 Å². The summed E-state index contributed by atoms with van der Waals surface area (Å²) in [5.74, 6) is -1.14. The molecule has 0 fully saturated rings. The first kappa shape index (κ1) is 24.1. The SMILES string of the molecule is O=C(Cc1ccccc1)N/N=C/c1ccc(OC(=O)c2ccccc2)cc1OC(=O)c1ccccc1. The van der Waals surface area contributed by atoms with E-state index >= 15 is 0 Å². The fourth-order valence-electron chi connectivity index (χ4n) is 3.24. The molecule has 36 heavy (non-hydrogen) atoms. The summed E-state index contributed by atoms with van der Waals surface area (Å²) in [6, 6.07) is 30.8. The molecule has 0 saturated carbocycles. The Balaban J connectivity index is 1.52. The van der Waals surface area contributed by atoms with E-state index in [0.717, 1.165) is 5.56 Å². The van der Waals surface area contributed by atoms with Crippen LogP contribution in [0.2, 0.25) is 0 Å². The van der Waals surface area contributed by atoms with Gasteiger partial charge in [-0.1, -0.05) is 66.7 Å². The van der Waals surface area contributed by atoms with E-state index in [9.17, 15) is 14.4 Å². The van der Waals surface area contributed by atoms with E-state index in [2.05, 4.69) is 10.5 Å². The van der Waals surface area contributed by atoms with Gasteiger partial charge in [0.1, 0.15) is 11.5 Å². The Morgan fingerprint density at radius 3 is 1.86 bits per heavy atom. The van der Waals surface area contributed by atoms with E-state index in [-0.39, 0.29) is 23.8 Å². The maximum Gasteiger partial charge on any atom is 0.343 e. The summed E-state index contributed by atoms with van der Waals surface area (Å²) in [4.78, 5) is 37.3. The molecule has 4 rings (SSSR count). The third kappa shape index (κ3) is 6.74. The number of amides is 1. The van der Waals surface area contributed by atoms with E-state index in [0.29, 0.717) is 16.7 Å². The first-order valence-corrected chi connectivity index (χ1v) is 11.1. The van der Waals surface area contributed by atoms with Crippen LogP contribution in [0, 0.1) is 0 Å². The number of hydrazone groups is 1. The second-order valence-electron chi connectivity index (χ2n) is 7.67. The smallest absolute Gasteiger partial charge is 0.343 e. The van der Waals surface area contributed by atoms with Gasteiger partial charge in [0.15, 0.2) is 0 Å². The molecule has 0 unspecified atom stereocenters. The first-order valence-electron chi connectivity index (χ1n) is 11.1. The molecule has 178 valence electrons. The van der Waals surface area contributed by atoms with E-state index in [1.54, 1.807) is 72.8 Å². The second kappa shape index (κ2) is 11.9. The average Bonchev–Trinajstić information content (AvgIpc) is 2.91. The van der Waals surface area contributed by atoms with Gasteiger partial charge in [0.2, 0.25) is 5.91 Å². The van der Waals surface area contributed by atoms with Crippen molar-refractivity contribution in [1.29, 1.82) is 0 Å². The molecule has 4 aromatic carbocycles. The number of carbonyl (C=O) groups excluding carboxylic acids is 3. The summed E-state index contributed by atoms with van der Waals surface area (Å²) >= 11 is 0. The van der Waals surface area contributed by atoms with Crippen LogP contribution in [0.25, 0.3) is 0 Å². The van der Waals surface area contributed by atoms with E-state index in [1.807, 2.05) is 30.3 Å². The molecule has 0 aromatic heterocycles. The Morgan fingerprint density at radius 1 is 0.694 bits per heavy atom. The quantitative estimate of drug-likeness (QED) is 0.170. The predicted octanol–water partition coefficient (Wildman–Crippen LogP) is 4.82. The van der Waals surface area contributed by atoms with Crippen molar-refractivity contribution in [1.82, 2.24) is 5.43 Å². The minimum Gasteiger partial charge on any atom is -0.423 e. The van der Waals surface area contributed by atoms with Gasteiger partial charge >= 0.3 is 11.9 Å². The van der Waals surface area contributed by atoms with Crippen molar-refractivity contribution in [2.75, 3.05) is 0 Å². The summed E-state index contributed by atoms with van der Waals surface area (Å²) in [7, 11) is 0. The van der Waals surface area contributed by atoms with Gasteiger partial charge in [-0.2, -0.15) is 5.10 Å². The lowest BCUT2D eigenvalue weighted by atomic mass is 10.1. The molecule has 0 aliphatic carbocycles. The van der Waals surface area contributed by atoms with Crippen molar-refractivity contribution in [3.05, 3.63) is 131 Å². The molecule has 0 aliphatic heterocycles. The Bertz CT molecular complexity index is 1370. The van der Waals surface area contributed by atoms with Crippen LogP contribution in [0.5, 0.6) is 11.5 Å². The third-order valence-corrected chi connectivity index (χ3v) is 5.02. The van der Waals surface area contributed by atoms with Crippen molar-refractivity contribution in [3.8, 4) is 11.5 Å². The fraction of sp³-hybridized carbons (Fsp3) is 0.0345. The zero-order chi connectivity index (χ0) is 25.2. The molecule has 1 N–H and O–H groups in total. The number of nitrogens with zero attached hydrogens (tertiary/aromatic N) is 1. The lowest BCUT2D eigenvalue weighted by Gasteiger charge is -2.10. The van der Waals surface area contributed by atoms with Crippen molar-refractivity contribution >= 4 is 24.1 Å². The zero-order valence-electron chi connectivity index (χ0n) is 19.2. The molecule has 0 heterocycles. The highest BCUT2D eigenvalue weighted by atomic mass is 16.5. The minimum absolute atomic E-state index is 0.114. The van der Waals surface area contributed by atoms with Crippen LogP contribution in [0.4, 0.5) is 0 Å². The lowest BCUT2D eigenvalue weighted by molar-refractivity contribution is -0.120. The monoisotopic (exact) mass is 478 g/mol. The number of nitrogens with one attached hydrogen (secondary N) is 1. The molecule has 1 amide bonds. The molecule has 0 aliphatic rings. The molecular formula is C29H22N2O5. The van der Waals surface area contributed by atoms with Gasteiger partial charge < -0.3 is 9.47 Å². The Labute approximate surface area is 208 Å². The molecular weight excluding hydrogens is 456 g/mol. The maximum absolute atomic E-state index is 12.7. The first-order chi connectivity index (χ1) is 17.6. The minimum atomic E-state index is -0.593. The van der Waals surface area contributed by atoms with Crippen molar-refractivity contribution < 1.29 is 23.9 Å². The second-order valence-corrected chi connectivity index (χ2v) is 7.67. The summed E-state index contributed by atoms with van der Waals surface area (Å²) in [5, 5.41) is 3.99. The molecule has 0 spiro atoms. The van der Waals surface area contributed by atoms with E-state index < -0.39 is 11.9 Å². The van der Waals surface area contributed by atoms with Crippen LogP contribution in [-0.4, -0.2) is 24.1 Å². The molecule has 7 nitrogen and oxygen atoms in total. The normalized spacial score (nSPS) is 10.6. The number of ether oxygens (including phenoxy) is 2. The largest absolute Gasteiger partial charge is 0.423 e. The van der Waals surface area contributed by atoms with Gasteiger partial charge in [0.05, 0.1) is 23.8 Å². The topological polar surface area (TPSA) is 94.1 Å². The number of esters is 2. The Morgan fingerprint density at radius 2 is 1.25 bits per heavy atom. The van der Waals surface area contributed by atoms with Gasteiger partial charge in [0.25, 0.3) is 0 Å². The lowest BCUT2D eigenvalue weighted by Crippen LogP contribution is -2.19. The highest BCUT2D eigenvalue weighted by Gasteiger charge is 2.14. The number of benzene rings is 4. The van der Waals surface area contributed by atoms with Crippen molar-refractivity contribution in [2.45, 2.75) is 6.42 Å². The van der Waals surface area contributed by atoms with Crippen molar-refractivity contribution in [2.24, 2.45) is 5.10 Å². The summed E-state index contributed by atoms with van der Waals surface area (Å²) in [6.45, 7) is 0. The van der Waals surface area contributed by atoms with E-state index in [4.69, 9.17) is 9.47 Å².